The van der Waals surface area contributed by atoms with Crippen molar-refractivity contribution >= 4 is 11.9 Å². The first-order valence-electron chi connectivity index (χ1n) is 4.83. The predicted octanol–water partition coefficient (Wildman–Crippen LogP) is 2.02. The molecule has 0 aliphatic carbocycles. The van der Waals surface area contributed by atoms with Gasteiger partial charge in [0.2, 0.25) is 0 Å². The van der Waals surface area contributed by atoms with Crippen LogP contribution in [0, 0.1) is 11.6 Å². The lowest BCUT2D eigenvalue weighted by Crippen LogP contribution is -2.02. The van der Waals surface area contributed by atoms with Gasteiger partial charge in [0.15, 0.2) is 11.5 Å². The summed E-state index contributed by atoms with van der Waals surface area (Å²) in [5.74, 6) is -5.56. The second kappa shape index (κ2) is 4.48. The fourth-order valence-electron chi connectivity index (χ4n) is 1.40. The first-order valence-corrected chi connectivity index (χ1v) is 4.83. The summed E-state index contributed by atoms with van der Waals surface area (Å²) in [7, 11) is 0. The third-order valence-electron chi connectivity index (χ3n) is 2.28. The van der Waals surface area contributed by atoms with Crippen LogP contribution in [0.4, 0.5) is 8.78 Å². The molecule has 0 fully saturated rings. The molecule has 19 heavy (non-hydrogen) atoms. The van der Waals surface area contributed by atoms with Crippen molar-refractivity contribution in [2.75, 3.05) is 0 Å². The number of aromatic nitrogens is 1. The Balaban J connectivity index is 2.53. The molecule has 6 nitrogen and oxygen atoms in total. The molecule has 0 bridgehead atoms. The van der Waals surface area contributed by atoms with Crippen molar-refractivity contribution in [1.29, 1.82) is 0 Å². The topological polar surface area (TPSA) is 101 Å². The molecule has 0 aliphatic heterocycles. The lowest BCUT2D eigenvalue weighted by Gasteiger charge is -2.02. The Kier molecular flexibility index (Phi) is 2.99. The Hall–Kier alpha value is -2.77. The Morgan fingerprint density at radius 2 is 1.74 bits per heavy atom. The highest BCUT2D eigenvalue weighted by Gasteiger charge is 2.20. The molecular weight excluding hydrogens is 264 g/mol. The van der Waals surface area contributed by atoms with E-state index in [-0.39, 0.29) is 5.76 Å². The molecule has 1 aromatic heterocycles. The van der Waals surface area contributed by atoms with E-state index in [1.165, 1.54) is 0 Å². The van der Waals surface area contributed by atoms with Crippen molar-refractivity contribution in [2.24, 2.45) is 0 Å². The number of nitrogens with zero attached hydrogens (tertiary/aromatic N) is 1. The summed E-state index contributed by atoms with van der Waals surface area (Å²) in [4.78, 5) is 21.2. The number of halogens is 2. The van der Waals surface area contributed by atoms with Gasteiger partial charge >= 0.3 is 11.9 Å². The zero-order chi connectivity index (χ0) is 14.2. The summed E-state index contributed by atoms with van der Waals surface area (Å²) in [6.45, 7) is 0. The number of aromatic carboxylic acids is 2. The summed E-state index contributed by atoms with van der Waals surface area (Å²) in [6.07, 6.45) is 0. The lowest BCUT2D eigenvalue weighted by molar-refractivity contribution is 0.0677. The van der Waals surface area contributed by atoms with E-state index >= 15 is 0 Å². The number of hydrogen-bond donors (Lipinski definition) is 2. The standard InChI is InChI=1S/C11H5F2NO5/c12-6-2-5(10(15)16)7(13)1-4(6)9-3-8(11(17)18)14-19-9/h1-3H,(H,15,16)(H,17,18). The Labute approximate surface area is 103 Å². The van der Waals surface area contributed by atoms with Crippen molar-refractivity contribution < 1.29 is 33.1 Å². The third kappa shape index (κ3) is 2.28. The molecule has 0 aliphatic rings. The number of carbonyl (C=O) groups is 2. The van der Waals surface area contributed by atoms with Crippen LogP contribution in [-0.2, 0) is 0 Å². The van der Waals surface area contributed by atoms with Crippen LogP contribution in [0.1, 0.15) is 20.8 Å². The second-order valence-electron chi connectivity index (χ2n) is 3.50. The van der Waals surface area contributed by atoms with Crippen LogP contribution in [0.3, 0.4) is 0 Å². The third-order valence-corrected chi connectivity index (χ3v) is 2.28. The minimum atomic E-state index is -1.62. The quantitative estimate of drug-likeness (QED) is 0.883. The number of carboxylic acid groups (broad SMARTS) is 2. The highest BCUT2D eigenvalue weighted by Crippen LogP contribution is 2.26. The molecule has 98 valence electrons. The Morgan fingerprint density at radius 1 is 1.05 bits per heavy atom. The normalized spacial score (nSPS) is 10.4. The van der Waals surface area contributed by atoms with Gasteiger partial charge in [0, 0.05) is 6.07 Å². The second-order valence-corrected chi connectivity index (χ2v) is 3.50. The minimum absolute atomic E-state index is 0.314. The Morgan fingerprint density at radius 3 is 2.26 bits per heavy atom. The average molecular weight is 269 g/mol. The predicted molar refractivity (Wildman–Crippen MR) is 55.8 cm³/mol. The zero-order valence-corrected chi connectivity index (χ0v) is 9.05. The molecular formula is C11H5F2NO5. The first kappa shape index (κ1) is 12.7. The van der Waals surface area contributed by atoms with Crippen LogP contribution in [0.5, 0.6) is 0 Å². The molecule has 0 unspecified atom stereocenters. The molecule has 2 rings (SSSR count). The molecule has 0 saturated heterocycles. The fraction of sp³-hybridized carbons (Fsp3) is 0. The van der Waals surface area contributed by atoms with E-state index < -0.39 is 40.4 Å². The molecule has 0 radical (unpaired) electrons. The molecule has 1 heterocycles. The van der Waals surface area contributed by atoms with Crippen molar-refractivity contribution in [3.63, 3.8) is 0 Å². The average Bonchev–Trinajstić information content (AvgIpc) is 2.80. The maximum Gasteiger partial charge on any atom is 0.358 e. The molecule has 0 spiro atoms. The molecule has 8 heteroatoms. The van der Waals surface area contributed by atoms with Gasteiger partial charge in [0.05, 0.1) is 11.1 Å². The maximum absolute atomic E-state index is 13.6. The SMILES string of the molecule is O=C(O)c1cc(-c2cc(F)c(C(=O)O)cc2F)on1. The molecule has 2 aromatic rings. The van der Waals surface area contributed by atoms with E-state index in [9.17, 15) is 18.4 Å². The van der Waals surface area contributed by atoms with Gasteiger partial charge in [0.25, 0.3) is 0 Å². The van der Waals surface area contributed by atoms with Crippen molar-refractivity contribution in [2.45, 2.75) is 0 Å². The summed E-state index contributed by atoms with van der Waals surface area (Å²) in [6, 6.07) is 1.99. The molecule has 0 atom stereocenters. The largest absolute Gasteiger partial charge is 0.478 e. The molecule has 0 amide bonds. The Bertz CT molecular complexity index is 680. The van der Waals surface area contributed by atoms with Gasteiger partial charge in [0.1, 0.15) is 11.6 Å². The zero-order valence-electron chi connectivity index (χ0n) is 9.05. The van der Waals surface area contributed by atoms with Crippen LogP contribution >= 0.6 is 0 Å². The van der Waals surface area contributed by atoms with Crippen LogP contribution in [0.25, 0.3) is 11.3 Å². The lowest BCUT2D eigenvalue weighted by atomic mass is 10.1. The van der Waals surface area contributed by atoms with E-state index in [1.54, 1.807) is 0 Å². The van der Waals surface area contributed by atoms with E-state index in [0.717, 1.165) is 6.07 Å². The number of carboxylic acids is 2. The van der Waals surface area contributed by atoms with E-state index in [2.05, 4.69) is 9.68 Å². The molecule has 1 aromatic carbocycles. The summed E-state index contributed by atoms with van der Waals surface area (Å²) >= 11 is 0. The monoisotopic (exact) mass is 269 g/mol. The van der Waals surface area contributed by atoms with Crippen LogP contribution in [-0.4, -0.2) is 27.3 Å². The van der Waals surface area contributed by atoms with Gasteiger partial charge < -0.3 is 14.7 Å². The number of hydrogen-bond acceptors (Lipinski definition) is 4. The van der Waals surface area contributed by atoms with E-state index in [1.807, 2.05) is 0 Å². The smallest absolute Gasteiger partial charge is 0.358 e. The van der Waals surface area contributed by atoms with Gasteiger partial charge in [-0.25, -0.2) is 18.4 Å². The molecule has 0 saturated carbocycles. The van der Waals surface area contributed by atoms with E-state index in [4.69, 9.17) is 10.2 Å². The van der Waals surface area contributed by atoms with Gasteiger partial charge in [-0.2, -0.15) is 0 Å². The fourth-order valence-corrected chi connectivity index (χ4v) is 1.40. The van der Waals surface area contributed by atoms with Crippen LogP contribution < -0.4 is 0 Å². The first-order chi connectivity index (χ1) is 8.90. The highest BCUT2D eigenvalue weighted by atomic mass is 19.1. The van der Waals surface area contributed by atoms with Gasteiger partial charge in [-0.1, -0.05) is 5.16 Å². The van der Waals surface area contributed by atoms with E-state index in [0.29, 0.717) is 12.1 Å². The van der Waals surface area contributed by atoms with Crippen molar-refractivity contribution in [1.82, 2.24) is 5.16 Å². The summed E-state index contributed by atoms with van der Waals surface area (Å²) in [5.41, 5.74) is -1.72. The van der Waals surface area contributed by atoms with Gasteiger partial charge in [-0.15, -0.1) is 0 Å². The van der Waals surface area contributed by atoms with Gasteiger partial charge in [-0.05, 0) is 12.1 Å². The van der Waals surface area contributed by atoms with Crippen LogP contribution in [0.15, 0.2) is 22.7 Å². The maximum atomic E-state index is 13.6. The summed E-state index contributed by atoms with van der Waals surface area (Å²) in [5, 5.41) is 20.4. The molecule has 2 N–H and O–H groups in total. The van der Waals surface area contributed by atoms with Crippen molar-refractivity contribution in [3.05, 3.63) is 41.1 Å². The minimum Gasteiger partial charge on any atom is -0.478 e. The number of benzene rings is 1. The summed E-state index contributed by atoms with van der Waals surface area (Å²) < 4.78 is 31.6. The number of rotatable bonds is 3. The van der Waals surface area contributed by atoms with Crippen molar-refractivity contribution in [3.8, 4) is 11.3 Å². The van der Waals surface area contributed by atoms with Crippen LogP contribution in [0.2, 0.25) is 0 Å². The highest BCUT2D eigenvalue weighted by molar-refractivity contribution is 5.89. The van der Waals surface area contributed by atoms with Gasteiger partial charge in [-0.3, -0.25) is 0 Å².